The molecule has 18 heavy (non-hydrogen) atoms. The third-order valence-electron chi connectivity index (χ3n) is 2.90. The van der Waals surface area contributed by atoms with Crippen molar-refractivity contribution in [1.29, 1.82) is 0 Å². The lowest BCUT2D eigenvalue weighted by Gasteiger charge is -2.24. The van der Waals surface area contributed by atoms with Gasteiger partial charge in [-0.3, -0.25) is 0 Å². The lowest BCUT2D eigenvalue weighted by atomic mass is 9.96. The average Bonchev–Trinajstić information content (AvgIpc) is 2.70. The first-order chi connectivity index (χ1) is 8.65. The van der Waals surface area contributed by atoms with Crippen LogP contribution in [-0.2, 0) is 9.53 Å². The molecule has 2 aliphatic heterocycles. The number of rotatable bonds is 1. The van der Waals surface area contributed by atoms with Crippen LogP contribution in [0.15, 0.2) is 35.5 Å². The van der Waals surface area contributed by atoms with Crippen LogP contribution >= 0.6 is 0 Å². The number of hydrogen-bond donors (Lipinski definition) is 2. The first-order valence-electron chi connectivity index (χ1n) is 5.38. The average molecular weight is 248 g/mol. The smallest absolute Gasteiger partial charge is 0.338 e. The Morgan fingerprint density at radius 1 is 1.33 bits per heavy atom. The molecule has 0 saturated carbocycles. The Morgan fingerprint density at radius 2 is 2.17 bits per heavy atom. The monoisotopic (exact) mass is 248 g/mol. The maximum atomic E-state index is 13.2. The van der Waals surface area contributed by atoms with E-state index in [1.54, 1.807) is 6.07 Å². The number of cyclic esters (lactones) is 1. The molecule has 92 valence electrons. The van der Waals surface area contributed by atoms with Gasteiger partial charge in [-0.05, 0) is 17.7 Å². The van der Waals surface area contributed by atoms with Crippen molar-refractivity contribution >= 4 is 12.0 Å². The zero-order valence-corrected chi connectivity index (χ0v) is 9.20. The molecule has 0 bridgehead atoms. The second-order valence-corrected chi connectivity index (χ2v) is 4.05. The fraction of sp³-hybridized carbons (Fsp3) is 0.167. The van der Waals surface area contributed by atoms with Gasteiger partial charge in [0.25, 0.3) is 0 Å². The van der Waals surface area contributed by atoms with E-state index in [1.165, 1.54) is 18.2 Å². The van der Waals surface area contributed by atoms with Crippen molar-refractivity contribution in [3.63, 3.8) is 0 Å². The van der Waals surface area contributed by atoms with Gasteiger partial charge in [0.1, 0.15) is 12.4 Å². The highest BCUT2D eigenvalue weighted by molar-refractivity contribution is 5.97. The van der Waals surface area contributed by atoms with Gasteiger partial charge in [0.15, 0.2) is 0 Å². The van der Waals surface area contributed by atoms with Crippen LogP contribution in [0.5, 0.6) is 0 Å². The first-order valence-corrected chi connectivity index (χ1v) is 5.38. The van der Waals surface area contributed by atoms with E-state index < -0.39 is 23.9 Å². The van der Waals surface area contributed by atoms with Crippen molar-refractivity contribution in [2.45, 2.75) is 6.04 Å². The minimum atomic E-state index is -0.667. The number of carbonyl (C=O) groups excluding carboxylic acids is 2. The fourth-order valence-electron chi connectivity index (χ4n) is 2.12. The number of carbonyl (C=O) groups is 2. The lowest BCUT2D eigenvalue weighted by molar-refractivity contribution is -0.136. The van der Waals surface area contributed by atoms with Gasteiger partial charge in [0.05, 0.1) is 17.3 Å². The summed E-state index contributed by atoms with van der Waals surface area (Å²) in [6.07, 6.45) is 0. The Kier molecular flexibility index (Phi) is 2.29. The van der Waals surface area contributed by atoms with E-state index in [4.69, 9.17) is 4.74 Å². The van der Waals surface area contributed by atoms with Crippen LogP contribution in [0.4, 0.5) is 9.18 Å². The summed E-state index contributed by atoms with van der Waals surface area (Å²) in [5.74, 6) is -0.916. The molecule has 0 radical (unpaired) electrons. The quantitative estimate of drug-likeness (QED) is 0.728. The minimum absolute atomic E-state index is 0.0490. The van der Waals surface area contributed by atoms with Crippen molar-refractivity contribution < 1.29 is 18.7 Å². The molecule has 0 fully saturated rings. The van der Waals surface area contributed by atoms with Crippen molar-refractivity contribution in [3.05, 3.63) is 46.9 Å². The maximum Gasteiger partial charge on any atom is 0.338 e. The standard InChI is InChI=1S/C12H9FN2O3/c13-7-3-1-2-6(4-7)10-9-8(5-18-11(9)16)14-12(17)15-10/h1-4,10H,5H2,(H2,14,15,17)/t10-/m0/s1. The summed E-state index contributed by atoms with van der Waals surface area (Å²) in [7, 11) is 0. The summed E-state index contributed by atoms with van der Waals surface area (Å²) in [6.45, 7) is 0.0490. The fourth-order valence-corrected chi connectivity index (χ4v) is 2.12. The first kappa shape index (κ1) is 10.8. The molecule has 0 aromatic heterocycles. The van der Waals surface area contributed by atoms with E-state index in [-0.39, 0.29) is 6.61 Å². The van der Waals surface area contributed by atoms with Gasteiger partial charge in [-0.1, -0.05) is 12.1 Å². The molecule has 0 unspecified atom stereocenters. The summed E-state index contributed by atoms with van der Waals surface area (Å²) < 4.78 is 18.1. The van der Waals surface area contributed by atoms with E-state index in [2.05, 4.69) is 10.6 Å². The lowest BCUT2D eigenvalue weighted by Crippen LogP contribution is -2.44. The van der Waals surface area contributed by atoms with Crippen molar-refractivity contribution in [1.82, 2.24) is 10.6 Å². The summed E-state index contributed by atoms with van der Waals surface area (Å²) in [5, 5.41) is 5.10. The van der Waals surface area contributed by atoms with Crippen molar-refractivity contribution in [2.75, 3.05) is 6.61 Å². The van der Waals surface area contributed by atoms with Crippen LogP contribution < -0.4 is 10.6 Å². The molecule has 0 saturated heterocycles. The molecule has 2 aliphatic rings. The Hall–Kier alpha value is -2.37. The molecular weight excluding hydrogens is 239 g/mol. The molecule has 3 rings (SSSR count). The molecule has 1 atom stereocenters. The van der Waals surface area contributed by atoms with E-state index in [0.717, 1.165) is 0 Å². The number of ether oxygens (including phenoxy) is 1. The highest BCUT2D eigenvalue weighted by Crippen LogP contribution is 2.31. The molecule has 2 amide bonds. The Labute approximate surface area is 102 Å². The normalized spacial score (nSPS) is 22.2. The highest BCUT2D eigenvalue weighted by Gasteiger charge is 2.37. The topological polar surface area (TPSA) is 67.4 Å². The van der Waals surface area contributed by atoms with Crippen LogP contribution in [0, 0.1) is 5.82 Å². The summed E-state index contributed by atoms with van der Waals surface area (Å²) in [5.41, 5.74) is 1.29. The SMILES string of the molecule is O=C1NC2=C(C(=O)OC2)[C@H](c2cccc(F)c2)N1. The number of urea groups is 1. The predicted octanol–water partition coefficient (Wildman–Crippen LogP) is 0.990. The zero-order valence-electron chi connectivity index (χ0n) is 9.20. The molecule has 2 N–H and O–H groups in total. The highest BCUT2D eigenvalue weighted by atomic mass is 19.1. The summed E-state index contributed by atoms with van der Waals surface area (Å²) >= 11 is 0. The molecule has 0 spiro atoms. The van der Waals surface area contributed by atoms with E-state index in [1.807, 2.05) is 0 Å². The van der Waals surface area contributed by atoms with Crippen molar-refractivity contribution in [3.8, 4) is 0 Å². The van der Waals surface area contributed by atoms with Crippen molar-refractivity contribution in [2.24, 2.45) is 0 Å². The van der Waals surface area contributed by atoms with Gasteiger partial charge >= 0.3 is 12.0 Å². The van der Waals surface area contributed by atoms with Gasteiger partial charge in [-0.15, -0.1) is 0 Å². The number of benzene rings is 1. The van der Waals surface area contributed by atoms with E-state index >= 15 is 0 Å². The van der Waals surface area contributed by atoms with Gasteiger partial charge in [0, 0.05) is 0 Å². The van der Waals surface area contributed by atoms with Crippen LogP contribution in [0.2, 0.25) is 0 Å². The summed E-state index contributed by atoms with van der Waals surface area (Å²) in [6, 6.07) is 4.66. The number of hydrogen-bond acceptors (Lipinski definition) is 3. The second-order valence-electron chi connectivity index (χ2n) is 4.05. The summed E-state index contributed by atoms with van der Waals surface area (Å²) in [4.78, 5) is 23.1. The minimum Gasteiger partial charge on any atom is -0.456 e. The third kappa shape index (κ3) is 1.62. The van der Waals surface area contributed by atoms with Gasteiger partial charge in [0.2, 0.25) is 0 Å². The molecule has 0 aliphatic carbocycles. The largest absolute Gasteiger partial charge is 0.456 e. The molecule has 5 nitrogen and oxygen atoms in total. The van der Waals surface area contributed by atoms with Gasteiger partial charge in [-0.25, -0.2) is 14.0 Å². The second kappa shape index (κ2) is 3.83. The number of halogens is 1. The van der Waals surface area contributed by atoms with Crippen LogP contribution in [0.1, 0.15) is 11.6 Å². The maximum absolute atomic E-state index is 13.2. The number of esters is 1. The van der Waals surface area contributed by atoms with Crippen LogP contribution in [0.3, 0.4) is 0 Å². The molecule has 6 heteroatoms. The van der Waals surface area contributed by atoms with Gasteiger partial charge < -0.3 is 15.4 Å². The van der Waals surface area contributed by atoms with Crippen LogP contribution in [0.25, 0.3) is 0 Å². The molecule has 1 aromatic carbocycles. The predicted molar refractivity (Wildman–Crippen MR) is 58.8 cm³/mol. The van der Waals surface area contributed by atoms with Crippen LogP contribution in [-0.4, -0.2) is 18.6 Å². The molecule has 1 aromatic rings. The van der Waals surface area contributed by atoms with E-state index in [0.29, 0.717) is 16.8 Å². The Morgan fingerprint density at radius 3 is 2.94 bits per heavy atom. The number of amides is 2. The third-order valence-corrected chi connectivity index (χ3v) is 2.90. The Bertz CT molecular complexity index is 582. The molecular formula is C12H9FN2O3. The molecule has 2 heterocycles. The number of nitrogens with one attached hydrogen (secondary N) is 2. The Balaban J connectivity index is 2.07. The van der Waals surface area contributed by atoms with Gasteiger partial charge in [-0.2, -0.15) is 0 Å². The van der Waals surface area contributed by atoms with E-state index in [9.17, 15) is 14.0 Å². The zero-order chi connectivity index (χ0) is 12.7.